The third-order valence-electron chi connectivity index (χ3n) is 3.58. The molecule has 88 valence electrons. The summed E-state index contributed by atoms with van der Waals surface area (Å²) in [7, 11) is 0. The van der Waals surface area contributed by atoms with Crippen LogP contribution in [0.15, 0.2) is 10.5 Å². The lowest BCUT2D eigenvalue weighted by Gasteiger charge is -2.20. The molecule has 0 atom stereocenters. The summed E-state index contributed by atoms with van der Waals surface area (Å²) in [5.74, 6) is 2.17. The molecule has 1 aromatic rings. The van der Waals surface area contributed by atoms with Crippen molar-refractivity contribution < 1.29 is 9.15 Å². The highest BCUT2D eigenvalue weighted by Gasteiger charge is 2.44. The number of hydrogen-bond donors (Lipinski definition) is 1. The Morgan fingerprint density at radius 2 is 2.00 bits per heavy atom. The fourth-order valence-corrected chi connectivity index (χ4v) is 2.54. The molecular weight excluding hydrogens is 226 g/mol. The van der Waals surface area contributed by atoms with Crippen molar-refractivity contribution in [2.45, 2.75) is 37.1 Å². The van der Waals surface area contributed by atoms with E-state index in [0.29, 0.717) is 5.92 Å². The molecule has 3 nitrogen and oxygen atoms in total. The second-order valence-corrected chi connectivity index (χ2v) is 5.27. The number of halogens is 1. The minimum atomic E-state index is -0.229. The third-order valence-corrected chi connectivity index (χ3v) is 3.88. The van der Waals surface area contributed by atoms with Crippen LogP contribution >= 0.6 is 11.6 Å². The second-order valence-electron chi connectivity index (χ2n) is 4.87. The van der Waals surface area contributed by atoms with Crippen LogP contribution in [-0.2, 0) is 10.3 Å². The third kappa shape index (κ3) is 1.77. The van der Waals surface area contributed by atoms with E-state index in [1.807, 2.05) is 6.07 Å². The van der Waals surface area contributed by atoms with E-state index in [4.69, 9.17) is 26.5 Å². The molecule has 0 amide bonds. The highest BCUT2D eigenvalue weighted by atomic mass is 35.5. The van der Waals surface area contributed by atoms with Crippen LogP contribution in [0, 0.1) is 0 Å². The molecule has 0 aromatic carbocycles. The first-order valence-electron chi connectivity index (χ1n) is 5.85. The van der Waals surface area contributed by atoms with Gasteiger partial charge in [0.05, 0.1) is 10.6 Å². The van der Waals surface area contributed by atoms with Gasteiger partial charge in [0.1, 0.15) is 11.5 Å². The van der Waals surface area contributed by atoms with Crippen molar-refractivity contribution in [2.75, 3.05) is 13.2 Å². The minimum absolute atomic E-state index is 0.229. The zero-order valence-corrected chi connectivity index (χ0v) is 9.93. The lowest BCUT2D eigenvalue weighted by molar-refractivity contribution is 0.0802. The zero-order chi connectivity index (χ0) is 11.2. The van der Waals surface area contributed by atoms with Crippen molar-refractivity contribution in [2.24, 2.45) is 5.73 Å². The van der Waals surface area contributed by atoms with E-state index in [9.17, 15) is 0 Å². The van der Waals surface area contributed by atoms with Crippen LogP contribution in [0.3, 0.4) is 0 Å². The first kappa shape index (κ1) is 10.6. The van der Waals surface area contributed by atoms with Gasteiger partial charge in [-0.1, -0.05) is 11.6 Å². The van der Waals surface area contributed by atoms with E-state index in [0.717, 1.165) is 55.4 Å². The predicted molar refractivity (Wildman–Crippen MR) is 61.6 cm³/mol. The number of ether oxygens (including phenoxy) is 1. The van der Waals surface area contributed by atoms with Crippen LogP contribution < -0.4 is 5.73 Å². The van der Waals surface area contributed by atoms with Crippen LogP contribution in [-0.4, -0.2) is 13.2 Å². The largest absolute Gasteiger partial charge is 0.462 e. The van der Waals surface area contributed by atoms with Gasteiger partial charge in [-0.25, -0.2) is 0 Å². The van der Waals surface area contributed by atoms with E-state index in [1.54, 1.807) is 0 Å². The summed E-state index contributed by atoms with van der Waals surface area (Å²) < 4.78 is 11.2. The van der Waals surface area contributed by atoms with Crippen LogP contribution in [0.1, 0.15) is 43.1 Å². The number of furan rings is 1. The molecule has 2 N–H and O–H groups in total. The first-order valence-corrected chi connectivity index (χ1v) is 6.23. The Bertz CT molecular complexity index is 392. The van der Waals surface area contributed by atoms with Crippen molar-refractivity contribution >= 4 is 11.6 Å². The van der Waals surface area contributed by atoms with Gasteiger partial charge in [0.15, 0.2) is 0 Å². The summed E-state index contributed by atoms with van der Waals surface area (Å²) >= 11 is 6.22. The van der Waals surface area contributed by atoms with E-state index in [2.05, 4.69) is 0 Å². The average Bonchev–Trinajstić information content (AvgIpc) is 2.92. The van der Waals surface area contributed by atoms with E-state index >= 15 is 0 Å². The summed E-state index contributed by atoms with van der Waals surface area (Å²) in [6.07, 6.45) is 3.99. The van der Waals surface area contributed by atoms with Gasteiger partial charge in [-0.3, -0.25) is 0 Å². The maximum atomic E-state index is 6.22. The minimum Gasteiger partial charge on any atom is -0.462 e. The zero-order valence-electron chi connectivity index (χ0n) is 9.17. The SMILES string of the molecule is NC1(c2cc(Cl)c(C3CCOCC3)o2)CC1. The highest BCUT2D eigenvalue weighted by Crippen LogP contribution is 2.46. The van der Waals surface area contributed by atoms with Crippen molar-refractivity contribution in [1.29, 1.82) is 0 Å². The number of rotatable bonds is 2. The lowest BCUT2D eigenvalue weighted by atomic mass is 9.98. The van der Waals surface area contributed by atoms with Gasteiger partial charge in [-0.05, 0) is 25.7 Å². The maximum Gasteiger partial charge on any atom is 0.126 e. The number of nitrogens with two attached hydrogens (primary N) is 1. The Balaban J connectivity index is 1.86. The Morgan fingerprint density at radius 3 is 2.62 bits per heavy atom. The van der Waals surface area contributed by atoms with Crippen LogP contribution in [0.5, 0.6) is 0 Å². The summed E-state index contributed by atoms with van der Waals surface area (Å²) in [5, 5.41) is 0.735. The molecule has 1 aliphatic carbocycles. The van der Waals surface area contributed by atoms with E-state index in [-0.39, 0.29) is 5.54 Å². The van der Waals surface area contributed by atoms with Gasteiger partial charge in [0.2, 0.25) is 0 Å². The molecule has 0 spiro atoms. The fraction of sp³-hybridized carbons (Fsp3) is 0.667. The summed E-state index contributed by atoms with van der Waals surface area (Å²) in [6.45, 7) is 1.59. The standard InChI is InChI=1S/C12H16ClNO2/c13-9-7-10(12(14)3-4-12)16-11(9)8-1-5-15-6-2-8/h7-8H,1-6,14H2. The van der Waals surface area contributed by atoms with Crippen LogP contribution in [0.4, 0.5) is 0 Å². The maximum absolute atomic E-state index is 6.22. The molecule has 0 unspecified atom stereocenters. The second kappa shape index (κ2) is 3.76. The van der Waals surface area contributed by atoms with Crippen molar-refractivity contribution in [3.05, 3.63) is 22.6 Å². The van der Waals surface area contributed by atoms with Gasteiger partial charge >= 0.3 is 0 Å². The lowest BCUT2D eigenvalue weighted by Crippen LogP contribution is -2.17. The molecule has 2 fully saturated rings. The highest BCUT2D eigenvalue weighted by molar-refractivity contribution is 6.31. The fourth-order valence-electron chi connectivity index (χ4n) is 2.25. The molecule has 1 aliphatic heterocycles. The molecule has 1 saturated heterocycles. The van der Waals surface area contributed by atoms with Crippen molar-refractivity contribution in [1.82, 2.24) is 0 Å². The van der Waals surface area contributed by atoms with E-state index in [1.165, 1.54) is 0 Å². The van der Waals surface area contributed by atoms with Crippen LogP contribution in [0.25, 0.3) is 0 Å². The van der Waals surface area contributed by atoms with Gasteiger partial charge in [-0.15, -0.1) is 0 Å². The van der Waals surface area contributed by atoms with Gasteiger partial charge in [0, 0.05) is 25.2 Å². The van der Waals surface area contributed by atoms with Gasteiger partial charge in [-0.2, -0.15) is 0 Å². The Morgan fingerprint density at radius 1 is 1.31 bits per heavy atom. The first-order chi connectivity index (χ1) is 7.69. The molecule has 3 rings (SSSR count). The summed E-state index contributed by atoms with van der Waals surface area (Å²) in [6, 6.07) is 1.90. The molecule has 1 saturated carbocycles. The molecule has 2 heterocycles. The Labute approximate surface area is 99.9 Å². The van der Waals surface area contributed by atoms with Crippen LogP contribution in [0.2, 0.25) is 5.02 Å². The Kier molecular flexibility index (Phi) is 2.50. The van der Waals surface area contributed by atoms with Crippen molar-refractivity contribution in [3.8, 4) is 0 Å². The predicted octanol–water partition coefficient (Wildman–Crippen LogP) is 2.77. The topological polar surface area (TPSA) is 48.4 Å². The molecule has 16 heavy (non-hydrogen) atoms. The van der Waals surface area contributed by atoms with Crippen molar-refractivity contribution in [3.63, 3.8) is 0 Å². The molecule has 0 bridgehead atoms. The van der Waals surface area contributed by atoms with Gasteiger partial charge in [0.25, 0.3) is 0 Å². The average molecular weight is 242 g/mol. The summed E-state index contributed by atoms with van der Waals surface area (Å²) in [4.78, 5) is 0. The molecule has 2 aliphatic rings. The normalized spacial score (nSPS) is 24.6. The quantitative estimate of drug-likeness (QED) is 0.866. The number of hydrogen-bond acceptors (Lipinski definition) is 3. The van der Waals surface area contributed by atoms with Gasteiger partial charge < -0.3 is 14.9 Å². The molecule has 1 aromatic heterocycles. The molecule has 4 heteroatoms. The monoisotopic (exact) mass is 241 g/mol. The Hall–Kier alpha value is -0.510. The smallest absolute Gasteiger partial charge is 0.126 e. The molecule has 0 radical (unpaired) electrons. The molecular formula is C12H16ClNO2. The van der Waals surface area contributed by atoms with E-state index < -0.39 is 0 Å². The summed E-state index contributed by atoms with van der Waals surface area (Å²) in [5.41, 5.74) is 5.87.